The molecule has 0 saturated heterocycles. The maximum absolute atomic E-state index is 9.83. The van der Waals surface area contributed by atoms with Crippen molar-refractivity contribution in [3.63, 3.8) is 0 Å². The maximum Gasteiger partial charge on any atom is 0.0626 e. The van der Waals surface area contributed by atoms with Gasteiger partial charge in [-0.05, 0) is 108 Å². The van der Waals surface area contributed by atoms with Crippen LogP contribution < -0.4 is 0 Å². The van der Waals surface area contributed by atoms with E-state index in [1.54, 1.807) is 0 Å². The quantitative estimate of drug-likeness (QED) is 0.127. The first-order chi connectivity index (χ1) is 19.6. The molecule has 2 heteroatoms. The number of allylic oxidation sites excluding steroid dienone is 21. The Kier molecular flexibility index (Phi) is 20.2. The van der Waals surface area contributed by atoms with Crippen molar-refractivity contribution < 1.29 is 10.2 Å². The van der Waals surface area contributed by atoms with Crippen LogP contribution >= 0.6 is 0 Å². The zero-order valence-electron chi connectivity index (χ0n) is 28.4. The highest BCUT2D eigenvalue weighted by atomic mass is 16.3. The summed E-state index contributed by atoms with van der Waals surface area (Å²) in [6, 6.07) is 0. The van der Waals surface area contributed by atoms with Crippen molar-refractivity contribution >= 4 is 0 Å². The number of hydrogen-bond donors (Lipinski definition) is 2. The van der Waals surface area contributed by atoms with Gasteiger partial charge < -0.3 is 10.2 Å². The van der Waals surface area contributed by atoms with Crippen LogP contribution in [0.3, 0.4) is 0 Å². The third kappa shape index (κ3) is 27.2. The van der Waals surface area contributed by atoms with E-state index in [4.69, 9.17) is 0 Å². The molecule has 0 atom stereocenters. The van der Waals surface area contributed by atoms with Crippen molar-refractivity contribution in [3.8, 4) is 0 Å². The minimum Gasteiger partial charge on any atom is -0.390 e. The monoisotopic (exact) mass is 572 g/mol. The summed E-state index contributed by atoms with van der Waals surface area (Å²) in [6.07, 6.45) is 39.5. The van der Waals surface area contributed by atoms with Crippen molar-refractivity contribution in [1.82, 2.24) is 0 Å². The molecule has 0 aromatic carbocycles. The second-order valence-electron chi connectivity index (χ2n) is 12.8. The molecule has 0 spiro atoms. The molecular formula is C40H60O2. The van der Waals surface area contributed by atoms with E-state index >= 15 is 0 Å². The molecule has 0 unspecified atom stereocenters. The van der Waals surface area contributed by atoms with Gasteiger partial charge in [0.15, 0.2) is 0 Å². The molecule has 0 saturated carbocycles. The summed E-state index contributed by atoms with van der Waals surface area (Å²) in [5, 5.41) is 19.6. The third-order valence-electron chi connectivity index (χ3n) is 6.39. The Morgan fingerprint density at radius 1 is 0.524 bits per heavy atom. The number of hydrogen-bond acceptors (Lipinski definition) is 2. The van der Waals surface area contributed by atoms with Gasteiger partial charge in [0.2, 0.25) is 0 Å². The van der Waals surface area contributed by atoms with Crippen LogP contribution in [0.2, 0.25) is 0 Å². The molecule has 0 radical (unpaired) electrons. The number of rotatable bonds is 18. The van der Waals surface area contributed by atoms with Gasteiger partial charge in [0.1, 0.15) is 0 Å². The fourth-order valence-corrected chi connectivity index (χ4v) is 3.77. The average molecular weight is 573 g/mol. The summed E-state index contributed by atoms with van der Waals surface area (Å²) in [7, 11) is 0. The molecule has 2 N–H and O–H groups in total. The Morgan fingerprint density at radius 3 is 1.45 bits per heavy atom. The molecule has 0 aromatic heterocycles. The maximum atomic E-state index is 9.83. The zero-order valence-corrected chi connectivity index (χ0v) is 28.4. The van der Waals surface area contributed by atoms with Crippen molar-refractivity contribution in [3.05, 3.63) is 131 Å². The molecule has 42 heavy (non-hydrogen) atoms. The van der Waals surface area contributed by atoms with E-state index < -0.39 is 11.2 Å². The van der Waals surface area contributed by atoms with Crippen LogP contribution in [0.4, 0.5) is 0 Å². The van der Waals surface area contributed by atoms with E-state index in [-0.39, 0.29) is 0 Å². The van der Waals surface area contributed by atoms with Crippen LogP contribution in [0, 0.1) is 0 Å². The summed E-state index contributed by atoms with van der Waals surface area (Å²) in [6.45, 7) is 20.1. The molecule has 232 valence electrons. The van der Waals surface area contributed by atoms with Crippen LogP contribution in [-0.2, 0) is 0 Å². The van der Waals surface area contributed by atoms with Crippen molar-refractivity contribution in [2.75, 3.05) is 0 Å². The summed E-state index contributed by atoms with van der Waals surface area (Å²) >= 11 is 0. The van der Waals surface area contributed by atoms with Gasteiger partial charge in [-0.3, -0.25) is 0 Å². The highest BCUT2D eigenvalue weighted by molar-refractivity contribution is 5.32. The van der Waals surface area contributed by atoms with Crippen molar-refractivity contribution in [1.29, 1.82) is 0 Å². The fraction of sp³-hybridized carbons (Fsp3) is 0.450. The standard InChI is InChI=1S/C40H60O2/c1-33(21-13-23-35(3)25-15-27-37(5)29-17-31-39(7,8)41)19-11-12-20-34(2)22-14-24-36(4)26-16-28-38(6)30-18-32-40(9,10)42/h11-15,17,19-25,27-29,41-42H,16,18,26,30-32H2,1-10H3/b12-11+,21-13+,22-14+,25-15+,29-17+,33-19+,34-20+,35-23+,36-24+,37-27+,38-28+. The minimum absolute atomic E-state index is 0.562. The topological polar surface area (TPSA) is 40.5 Å². The molecule has 0 amide bonds. The second kappa shape index (κ2) is 21.7. The molecule has 0 fully saturated rings. The van der Waals surface area contributed by atoms with Gasteiger partial charge in [-0.2, -0.15) is 0 Å². The molecule has 0 aliphatic heterocycles. The largest absolute Gasteiger partial charge is 0.390 e. The predicted molar refractivity (Wildman–Crippen MR) is 189 cm³/mol. The van der Waals surface area contributed by atoms with Crippen LogP contribution in [0.25, 0.3) is 0 Å². The Labute approximate surface area is 259 Å². The summed E-state index contributed by atoms with van der Waals surface area (Å²) in [5.74, 6) is 0. The Hall–Kier alpha value is -2.94. The van der Waals surface area contributed by atoms with E-state index in [0.29, 0.717) is 6.42 Å². The molecule has 0 aliphatic carbocycles. The molecule has 0 heterocycles. The lowest BCUT2D eigenvalue weighted by Crippen LogP contribution is -2.17. The Balaban J connectivity index is 4.63. The van der Waals surface area contributed by atoms with Crippen LogP contribution in [0.15, 0.2) is 131 Å². The van der Waals surface area contributed by atoms with Crippen molar-refractivity contribution in [2.45, 2.75) is 119 Å². The third-order valence-corrected chi connectivity index (χ3v) is 6.39. The van der Waals surface area contributed by atoms with E-state index in [1.165, 1.54) is 27.9 Å². The molecule has 0 aliphatic rings. The van der Waals surface area contributed by atoms with Gasteiger partial charge in [0, 0.05) is 0 Å². The Morgan fingerprint density at radius 2 is 0.976 bits per heavy atom. The fourth-order valence-electron chi connectivity index (χ4n) is 3.77. The van der Waals surface area contributed by atoms with Gasteiger partial charge >= 0.3 is 0 Å². The molecule has 0 bridgehead atoms. The van der Waals surface area contributed by atoms with Gasteiger partial charge in [0.25, 0.3) is 0 Å². The van der Waals surface area contributed by atoms with Gasteiger partial charge in [-0.15, -0.1) is 0 Å². The van der Waals surface area contributed by atoms with Crippen molar-refractivity contribution in [2.24, 2.45) is 0 Å². The first kappa shape index (κ1) is 39.1. The van der Waals surface area contributed by atoms with Crippen LogP contribution in [0.1, 0.15) is 108 Å². The first-order valence-corrected chi connectivity index (χ1v) is 15.4. The van der Waals surface area contributed by atoms with E-state index in [0.717, 1.165) is 37.7 Å². The predicted octanol–water partition coefficient (Wildman–Crippen LogP) is 11.3. The Bertz CT molecular complexity index is 1120. The highest BCUT2D eigenvalue weighted by Crippen LogP contribution is 2.16. The number of aliphatic hydroxyl groups is 2. The van der Waals surface area contributed by atoms with E-state index in [9.17, 15) is 10.2 Å². The summed E-state index contributed by atoms with van der Waals surface area (Å²) in [5.41, 5.74) is 6.30. The first-order valence-electron chi connectivity index (χ1n) is 15.4. The zero-order chi connectivity index (χ0) is 32.0. The van der Waals surface area contributed by atoms with Crippen LogP contribution in [-0.4, -0.2) is 21.4 Å². The summed E-state index contributed by atoms with van der Waals surface area (Å²) < 4.78 is 0. The minimum atomic E-state index is -0.664. The van der Waals surface area contributed by atoms with Gasteiger partial charge in [-0.1, -0.05) is 131 Å². The smallest absolute Gasteiger partial charge is 0.0626 e. The molecule has 0 aromatic rings. The molecule has 2 nitrogen and oxygen atoms in total. The second-order valence-corrected chi connectivity index (χ2v) is 12.8. The van der Waals surface area contributed by atoms with E-state index in [1.807, 2.05) is 39.8 Å². The molecular weight excluding hydrogens is 512 g/mol. The lowest BCUT2D eigenvalue weighted by atomic mass is 9.99. The van der Waals surface area contributed by atoms with Gasteiger partial charge in [-0.25, -0.2) is 0 Å². The lowest BCUT2D eigenvalue weighted by molar-refractivity contribution is 0.0689. The van der Waals surface area contributed by atoms with E-state index in [2.05, 4.69) is 127 Å². The molecule has 0 rings (SSSR count). The normalized spacial score (nSPS) is 16.1. The summed E-state index contributed by atoms with van der Waals surface area (Å²) in [4.78, 5) is 0. The van der Waals surface area contributed by atoms with Gasteiger partial charge in [0.05, 0.1) is 11.2 Å². The SMILES string of the molecule is CC(/C=C/C=C(C)/C=C/C=C(C)/C=C/CC(C)(C)O)=C\C=C\C=C(C)\C=C\C=C(/C)CC/C=C(\C)CCCC(C)(C)O. The highest BCUT2D eigenvalue weighted by Gasteiger charge is 2.11. The lowest BCUT2D eigenvalue weighted by Gasteiger charge is -2.16. The van der Waals surface area contributed by atoms with Crippen LogP contribution in [0.5, 0.6) is 0 Å². The average Bonchev–Trinajstić information content (AvgIpc) is 2.85.